The number of hydrogen-bond donors (Lipinski definition) is 0. The number of morpholine rings is 1. The normalized spacial score (nSPS) is 17.5. The van der Waals surface area contributed by atoms with Crippen LogP contribution in [0, 0.1) is 5.82 Å². The number of benzene rings is 2. The van der Waals surface area contributed by atoms with E-state index in [0.717, 1.165) is 18.4 Å². The molecular weight excluding hydrogens is 399 g/mol. The molecule has 2 saturated heterocycles. The molecular formula is C24H27FN2O4. The smallest absolute Gasteiger partial charge is 0.254 e. The lowest BCUT2D eigenvalue weighted by Crippen LogP contribution is -2.42. The molecule has 2 fully saturated rings. The first-order valence-electron chi connectivity index (χ1n) is 10.7. The molecule has 2 aromatic carbocycles. The Hall–Kier alpha value is -2.93. The second kappa shape index (κ2) is 9.92. The monoisotopic (exact) mass is 426 g/mol. The maximum atomic E-state index is 13.0. The molecule has 0 aromatic heterocycles. The number of piperidine rings is 1. The molecule has 0 aliphatic carbocycles. The molecule has 7 heteroatoms. The minimum atomic E-state index is -0.301. The molecule has 0 saturated carbocycles. The first-order chi connectivity index (χ1) is 15.1. The van der Waals surface area contributed by atoms with Crippen molar-refractivity contribution in [2.24, 2.45) is 0 Å². The van der Waals surface area contributed by atoms with Gasteiger partial charge in [-0.25, -0.2) is 4.39 Å². The molecule has 0 spiro atoms. The van der Waals surface area contributed by atoms with Crippen molar-refractivity contribution in [1.29, 1.82) is 0 Å². The lowest BCUT2D eigenvalue weighted by Gasteiger charge is -2.32. The highest BCUT2D eigenvalue weighted by Gasteiger charge is 2.25. The zero-order valence-electron chi connectivity index (χ0n) is 17.5. The van der Waals surface area contributed by atoms with Crippen LogP contribution in [0.4, 0.5) is 4.39 Å². The van der Waals surface area contributed by atoms with Gasteiger partial charge < -0.3 is 19.3 Å². The second-order valence-corrected chi connectivity index (χ2v) is 7.93. The molecule has 2 aliphatic heterocycles. The number of ether oxygens (including phenoxy) is 2. The van der Waals surface area contributed by atoms with Crippen LogP contribution in [0.2, 0.25) is 0 Å². The van der Waals surface area contributed by atoms with Crippen molar-refractivity contribution in [3.8, 4) is 5.75 Å². The fraction of sp³-hybridized carbons (Fsp3) is 0.417. The van der Waals surface area contributed by atoms with Gasteiger partial charge in [0.25, 0.3) is 5.91 Å². The summed E-state index contributed by atoms with van der Waals surface area (Å²) in [5.41, 5.74) is 1.43. The Morgan fingerprint density at radius 3 is 2.39 bits per heavy atom. The zero-order chi connectivity index (χ0) is 21.6. The minimum absolute atomic E-state index is 0.00334. The first kappa shape index (κ1) is 21.3. The van der Waals surface area contributed by atoms with Crippen molar-refractivity contribution in [2.45, 2.75) is 25.4 Å². The number of likely N-dealkylation sites (tertiary alicyclic amines) is 1. The standard InChI is InChI=1S/C24H27FN2O4/c25-20-6-4-18(5-7-20)16-23(28)26-10-8-21(9-11-26)31-22-3-1-2-19(17-22)24(29)27-12-14-30-15-13-27/h1-7,17,21H,8-16H2. The van der Waals surface area contributed by atoms with Gasteiger partial charge in [-0.1, -0.05) is 18.2 Å². The molecule has 2 aliphatic rings. The largest absolute Gasteiger partial charge is 0.490 e. The van der Waals surface area contributed by atoms with Crippen LogP contribution < -0.4 is 4.74 Å². The topological polar surface area (TPSA) is 59.1 Å². The van der Waals surface area contributed by atoms with Gasteiger partial charge in [0.1, 0.15) is 17.7 Å². The molecule has 2 amide bonds. The Labute approximate surface area is 181 Å². The lowest BCUT2D eigenvalue weighted by molar-refractivity contribution is -0.132. The van der Waals surface area contributed by atoms with E-state index in [-0.39, 0.29) is 30.2 Å². The minimum Gasteiger partial charge on any atom is -0.490 e. The molecule has 0 radical (unpaired) electrons. The van der Waals surface area contributed by atoms with E-state index in [9.17, 15) is 14.0 Å². The van der Waals surface area contributed by atoms with Crippen LogP contribution in [0.3, 0.4) is 0 Å². The number of carbonyl (C=O) groups is 2. The summed E-state index contributed by atoms with van der Waals surface area (Å²) in [6.07, 6.45) is 1.74. The summed E-state index contributed by atoms with van der Waals surface area (Å²) in [5.74, 6) is 0.415. The summed E-state index contributed by atoms with van der Waals surface area (Å²) < 4.78 is 24.5. The fourth-order valence-corrected chi connectivity index (χ4v) is 3.96. The number of hydrogen-bond acceptors (Lipinski definition) is 4. The van der Waals surface area contributed by atoms with Gasteiger partial charge in [-0.05, 0) is 35.9 Å². The highest BCUT2D eigenvalue weighted by molar-refractivity contribution is 5.94. The highest BCUT2D eigenvalue weighted by Crippen LogP contribution is 2.22. The summed E-state index contributed by atoms with van der Waals surface area (Å²) in [5, 5.41) is 0. The summed E-state index contributed by atoms with van der Waals surface area (Å²) in [4.78, 5) is 28.8. The van der Waals surface area contributed by atoms with E-state index in [2.05, 4.69) is 0 Å². The number of halogens is 1. The maximum absolute atomic E-state index is 13.0. The van der Waals surface area contributed by atoms with E-state index in [1.54, 1.807) is 29.2 Å². The highest BCUT2D eigenvalue weighted by atomic mass is 19.1. The summed E-state index contributed by atoms with van der Waals surface area (Å²) in [7, 11) is 0. The predicted molar refractivity (Wildman–Crippen MR) is 113 cm³/mol. The van der Waals surface area contributed by atoms with Crippen LogP contribution in [0.1, 0.15) is 28.8 Å². The van der Waals surface area contributed by atoms with E-state index >= 15 is 0 Å². The van der Waals surface area contributed by atoms with E-state index < -0.39 is 0 Å². The summed E-state index contributed by atoms with van der Waals surface area (Å²) >= 11 is 0. The van der Waals surface area contributed by atoms with Crippen molar-refractivity contribution >= 4 is 11.8 Å². The third-order valence-electron chi connectivity index (χ3n) is 5.75. The molecule has 164 valence electrons. The van der Waals surface area contributed by atoms with Crippen LogP contribution in [0.25, 0.3) is 0 Å². The maximum Gasteiger partial charge on any atom is 0.254 e. The van der Waals surface area contributed by atoms with Crippen molar-refractivity contribution in [3.05, 3.63) is 65.5 Å². The van der Waals surface area contributed by atoms with Gasteiger partial charge in [0, 0.05) is 44.6 Å². The van der Waals surface area contributed by atoms with Gasteiger partial charge in [-0.3, -0.25) is 9.59 Å². The fourth-order valence-electron chi connectivity index (χ4n) is 3.96. The van der Waals surface area contributed by atoms with Gasteiger partial charge in [0.05, 0.1) is 19.6 Å². The van der Waals surface area contributed by atoms with Crippen molar-refractivity contribution < 1.29 is 23.5 Å². The second-order valence-electron chi connectivity index (χ2n) is 7.93. The van der Waals surface area contributed by atoms with E-state index in [1.165, 1.54) is 12.1 Å². The van der Waals surface area contributed by atoms with Crippen molar-refractivity contribution in [2.75, 3.05) is 39.4 Å². The third kappa shape index (κ3) is 5.61. The quantitative estimate of drug-likeness (QED) is 0.738. The molecule has 2 heterocycles. The van der Waals surface area contributed by atoms with Crippen LogP contribution in [-0.4, -0.2) is 67.1 Å². The average molecular weight is 426 g/mol. The predicted octanol–water partition coefficient (Wildman–Crippen LogP) is 2.91. The van der Waals surface area contributed by atoms with Crippen LogP contribution >= 0.6 is 0 Å². The van der Waals surface area contributed by atoms with E-state index in [1.807, 2.05) is 17.0 Å². The molecule has 6 nitrogen and oxygen atoms in total. The molecule has 0 unspecified atom stereocenters. The van der Waals surface area contributed by atoms with Crippen LogP contribution in [0.15, 0.2) is 48.5 Å². The Morgan fingerprint density at radius 1 is 0.968 bits per heavy atom. The number of carbonyl (C=O) groups excluding carboxylic acids is 2. The Balaban J connectivity index is 1.28. The van der Waals surface area contributed by atoms with Crippen LogP contribution in [-0.2, 0) is 16.0 Å². The molecule has 2 aromatic rings. The number of nitrogens with zero attached hydrogens (tertiary/aromatic N) is 2. The van der Waals surface area contributed by atoms with Gasteiger partial charge >= 0.3 is 0 Å². The van der Waals surface area contributed by atoms with Crippen LogP contribution in [0.5, 0.6) is 5.75 Å². The summed E-state index contributed by atoms with van der Waals surface area (Å²) in [6, 6.07) is 13.3. The number of rotatable bonds is 5. The molecule has 4 rings (SSSR count). The van der Waals surface area contributed by atoms with Gasteiger partial charge in [0.15, 0.2) is 0 Å². The van der Waals surface area contributed by atoms with E-state index in [4.69, 9.17) is 9.47 Å². The number of amides is 2. The third-order valence-corrected chi connectivity index (χ3v) is 5.75. The SMILES string of the molecule is O=C(Cc1ccc(F)cc1)N1CCC(Oc2cccc(C(=O)N3CCOCC3)c2)CC1. The summed E-state index contributed by atoms with van der Waals surface area (Å²) in [6.45, 7) is 3.59. The molecule has 0 bridgehead atoms. The molecule has 0 N–H and O–H groups in total. The van der Waals surface area contributed by atoms with Crippen molar-refractivity contribution in [3.63, 3.8) is 0 Å². The molecule has 0 atom stereocenters. The van der Waals surface area contributed by atoms with E-state index in [0.29, 0.717) is 50.7 Å². The molecule has 31 heavy (non-hydrogen) atoms. The Kier molecular flexibility index (Phi) is 6.82. The zero-order valence-corrected chi connectivity index (χ0v) is 17.5. The van der Waals surface area contributed by atoms with Crippen molar-refractivity contribution in [1.82, 2.24) is 9.80 Å². The lowest BCUT2D eigenvalue weighted by atomic mass is 10.1. The Bertz CT molecular complexity index is 904. The van der Waals surface area contributed by atoms with Gasteiger partial charge in [0.2, 0.25) is 5.91 Å². The Morgan fingerprint density at radius 2 is 1.68 bits per heavy atom. The van der Waals surface area contributed by atoms with Gasteiger partial charge in [-0.2, -0.15) is 0 Å². The average Bonchev–Trinajstić information content (AvgIpc) is 2.81. The van der Waals surface area contributed by atoms with Gasteiger partial charge in [-0.15, -0.1) is 0 Å². The first-order valence-corrected chi connectivity index (χ1v) is 10.7.